The second kappa shape index (κ2) is 7.22. The van der Waals surface area contributed by atoms with Crippen LogP contribution in [0.1, 0.15) is 11.1 Å². The molecule has 1 aromatic carbocycles. The number of benzene rings is 1. The minimum atomic E-state index is 0.421. The maximum absolute atomic E-state index is 8.61. The Balaban J connectivity index is 1.84. The molecule has 1 aromatic heterocycles. The van der Waals surface area contributed by atoms with Crippen LogP contribution in [-0.4, -0.2) is 10.1 Å². The Hall–Kier alpha value is -2.45. The van der Waals surface area contributed by atoms with Gasteiger partial charge < -0.3 is 10.6 Å². The van der Waals surface area contributed by atoms with Gasteiger partial charge in [0.05, 0.1) is 12.5 Å². The van der Waals surface area contributed by atoms with Gasteiger partial charge in [-0.2, -0.15) is 5.26 Å². The van der Waals surface area contributed by atoms with Crippen LogP contribution < -0.4 is 10.6 Å². The molecule has 0 amide bonds. The zero-order valence-corrected chi connectivity index (χ0v) is 11.7. The fraction of sp³-hybridized carbons (Fsp3) is 0.133. The highest BCUT2D eigenvalue weighted by Gasteiger charge is 1.99. The Morgan fingerprint density at radius 1 is 1.20 bits per heavy atom. The summed E-state index contributed by atoms with van der Waals surface area (Å²) in [4.78, 5) is 4.04. The first-order valence-corrected chi connectivity index (χ1v) is 6.58. The van der Waals surface area contributed by atoms with Crippen LogP contribution in [0.5, 0.6) is 0 Å². The van der Waals surface area contributed by atoms with Crippen LogP contribution >= 0.6 is 12.2 Å². The summed E-state index contributed by atoms with van der Waals surface area (Å²) < 4.78 is 0. The second-order valence-corrected chi connectivity index (χ2v) is 4.61. The van der Waals surface area contributed by atoms with E-state index in [9.17, 15) is 0 Å². The fourth-order valence-corrected chi connectivity index (χ4v) is 1.85. The molecule has 1 heterocycles. The highest BCUT2D eigenvalue weighted by Crippen LogP contribution is 2.09. The van der Waals surface area contributed by atoms with Gasteiger partial charge in [0.15, 0.2) is 5.11 Å². The number of hydrogen-bond acceptors (Lipinski definition) is 3. The molecule has 0 fully saturated rings. The van der Waals surface area contributed by atoms with E-state index in [0.29, 0.717) is 18.1 Å². The molecule has 0 bridgehead atoms. The van der Waals surface area contributed by atoms with Gasteiger partial charge in [0.2, 0.25) is 0 Å². The van der Waals surface area contributed by atoms with Gasteiger partial charge in [-0.3, -0.25) is 4.98 Å². The van der Waals surface area contributed by atoms with Crippen molar-refractivity contribution in [3.63, 3.8) is 0 Å². The third-order valence-electron chi connectivity index (χ3n) is 2.67. The average molecular weight is 282 g/mol. The lowest BCUT2D eigenvalue weighted by atomic mass is 10.1. The molecule has 0 saturated carbocycles. The van der Waals surface area contributed by atoms with Crippen molar-refractivity contribution in [1.29, 1.82) is 5.26 Å². The molecule has 0 aliphatic carbocycles. The zero-order valence-electron chi connectivity index (χ0n) is 10.8. The molecule has 0 aliphatic rings. The Kier molecular flexibility index (Phi) is 5.04. The largest absolute Gasteiger partial charge is 0.358 e. The number of rotatable bonds is 4. The van der Waals surface area contributed by atoms with E-state index in [1.54, 1.807) is 12.4 Å². The molecule has 0 aliphatic heterocycles. The van der Waals surface area contributed by atoms with Gasteiger partial charge in [-0.15, -0.1) is 0 Å². The second-order valence-electron chi connectivity index (χ2n) is 4.20. The molecule has 0 radical (unpaired) electrons. The van der Waals surface area contributed by atoms with Crippen LogP contribution in [0.2, 0.25) is 0 Å². The molecule has 20 heavy (non-hydrogen) atoms. The lowest BCUT2D eigenvalue weighted by molar-refractivity contribution is 0.916. The Labute approximate surface area is 123 Å². The van der Waals surface area contributed by atoms with Crippen molar-refractivity contribution in [2.45, 2.75) is 13.0 Å². The number of anilines is 1. The molecule has 100 valence electrons. The highest BCUT2D eigenvalue weighted by atomic mass is 32.1. The number of nitriles is 1. The quantitative estimate of drug-likeness (QED) is 0.844. The van der Waals surface area contributed by atoms with Crippen molar-refractivity contribution in [3.8, 4) is 6.07 Å². The van der Waals surface area contributed by atoms with E-state index in [4.69, 9.17) is 17.5 Å². The van der Waals surface area contributed by atoms with Crippen LogP contribution in [0, 0.1) is 11.3 Å². The number of thiocarbonyl (C=S) groups is 1. The third kappa shape index (κ3) is 4.34. The standard InChI is InChI=1S/C15H14N4S/c16-8-7-12-3-5-14(6-4-12)19-15(20)18-11-13-2-1-9-17-10-13/h1-6,9-10H,7,11H2,(H2,18,19,20). The summed E-state index contributed by atoms with van der Waals surface area (Å²) in [6.45, 7) is 0.631. The van der Waals surface area contributed by atoms with E-state index in [1.165, 1.54) is 0 Å². The Bertz CT molecular complexity index is 602. The molecule has 0 atom stereocenters. The Morgan fingerprint density at radius 3 is 2.65 bits per heavy atom. The summed E-state index contributed by atoms with van der Waals surface area (Å²) in [5, 5.41) is 15.4. The smallest absolute Gasteiger partial charge is 0.171 e. The van der Waals surface area contributed by atoms with Crippen LogP contribution in [0.25, 0.3) is 0 Å². The summed E-state index contributed by atoms with van der Waals surface area (Å²) in [6, 6.07) is 13.6. The number of hydrogen-bond donors (Lipinski definition) is 2. The van der Waals surface area contributed by atoms with E-state index in [2.05, 4.69) is 21.7 Å². The molecule has 0 spiro atoms. The van der Waals surface area contributed by atoms with Crippen molar-refractivity contribution in [1.82, 2.24) is 10.3 Å². The molecule has 2 aromatic rings. The van der Waals surface area contributed by atoms with Crippen LogP contribution in [0.3, 0.4) is 0 Å². The van der Waals surface area contributed by atoms with Gasteiger partial charge in [0.25, 0.3) is 0 Å². The lowest BCUT2D eigenvalue weighted by Gasteiger charge is -2.10. The first kappa shape index (κ1) is 14.0. The van der Waals surface area contributed by atoms with E-state index in [1.807, 2.05) is 36.4 Å². The monoisotopic (exact) mass is 282 g/mol. The topological polar surface area (TPSA) is 60.7 Å². The SMILES string of the molecule is N#CCc1ccc(NC(=S)NCc2cccnc2)cc1. The summed E-state index contributed by atoms with van der Waals surface area (Å²) in [5.41, 5.74) is 2.96. The van der Waals surface area contributed by atoms with Crippen LogP contribution in [0.15, 0.2) is 48.8 Å². The Morgan fingerprint density at radius 2 is 2.00 bits per heavy atom. The molecule has 0 unspecified atom stereocenters. The minimum Gasteiger partial charge on any atom is -0.358 e. The summed E-state index contributed by atoms with van der Waals surface area (Å²) in [7, 11) is 0. The van der Waals surface area contributed by atoms with E-state index >= 15 is 0 Å². The number of nitrogens with one attached hydrogen (secondary N) is 2. The van der Waals surface area contributed by atoms with Gasteiger partial charge in [0, 0.05) is 24.6 Å². The third-order valence-corrected chi connectivity index (χ3v) is 2.92. The van der Waals surface area contributed by atoms with Crippen molar-refractivity contribution < 1.29 is 0 Å². The molecular weight excluding hydrogens is 268 g/mol. The van der Waals surface area contributed by atoms with E-state index in [0.717, 1.165) is 16.8 Å². The van der Waals surface area contributed by atoms with Crippen LogP contribution in [0.4, 0.5) is 5.69 Å². The molecular formula is C15H14N4S. The van der Waals surface area contributed by atoms with Gasteiger partial charge in [0.1, 0.15) is 0 Å². The molecule has 2 rings (SSSR count). The molecule has 0 saturated heterocycles. The molecule has 4 nitrogen and oxygen atoms in total. The maximum atomic E-state index is 8.61. The predicted octanol–water partition coefficient (Wildman–Crippen LogP) is 2.63. The lowest BCUT2D eigenvalue weighted by Crippen LogP contribution is -2.27. The molecule has 2 N–H and O–H groups in total. The molecule has 5 heteroatoms. The average Bonchev–Trinajstić information content (AvgIpc) is 2.49. The van der Waals surface area contributed by atoms with Gasteiger partial charge >= 0.3 is 0 Å². The van der Waals surface area contributed by atoms with Gasteiger partial charge in [-0.1, -0.05) is 18.2 Å². The predicted molar refractivity (Wildman–Crippen MR) is 83.1 cm³/mol. The van der Waals surface area contributed by atoms with Gasteiger partial charge in [-0.25, -0.2) is 0 Å². The maximum Gasteiger partial charge on any atom is 0.171 e. The first-order chi connectivity index (χ1) is 9.78. The number of pyridine rings is 1. The van der Waals surface area contributed by atoms with Crippen molar-refractivity contribution >= 4 is 23.0 Å². The van der Waals surface area contributed by atoms with Crippen LogP contribution in [-0.2, 0) is 13.0 Å². The van der Waals surface area contributed by atoms with Gasteiger partial charge in [-0.05, 0) is 41.5 Å². The zero-order chi connectivity index (χ0) is 14.2. The minimum absolute atomic E-state index is 0.421. The van der Waals surface area contributed by atoms with E-state index in [-0.39, 0.29) is 0 Å². The number of nitrogens with zero attached hydrogens (tertiary/aromatic N) is 2. The highest BCUT2D eigenvalue weighted by molar-refractivity contribution is 7.80. The summed E-state index contributed by atoms with van der Waals surface area (Å²) in [5.74, 6) is 0. The van der Waals surface area contributed by atoms with Crippen molar-refractivity contribution in [2.24, 2.45) is 0 Å². The summed E-state index contributed by atoms with van der Waals surface area (Å²) in [6.07, 6.45) is 3.96. The van der Waals surface area contributed by atoms with Crippen molar-refractivity contribution in [3.05, 3.63) is 59.9 Å². The first-order valence-electron chi connectivity index (χ1n) is 6.17. The van der Waals surface area contributed by atoms with E-state index < -0.39 is 0 Å². The normalized spacial score (nSPS) is 9.55. The van der Waals surface area contributed by atoms with Crippen molar-refractivity contribution in [2.75, 3.05) is 5.32 Å². The summed E-state index contributed by atoms with van der Waals surface area (Å²) >= 11 is 5.22. The fourth-order valence-electron chi connectivity index (χ4n) is 1.66. The number of aromatic nitrogens is 1.